The van der Waals surface area contributed by atoms with Gasteiger partial charge in [-0.3, -0.25) is 0 Å². The molecule has 0 amide bonds. The first-order chi connectivity index (χ1) is 5.18. The third-order valence-corrected chi connectivity index (χ3v) is 1.78. The molecule has 0 aliphatic rings. The van der Waals surface area contributed by atoms with E-state index >= 15 is 0 Å². The summed E-state index contributed by atoms with van der Waals surface area (Å²) in [4.78, 5) is 0. The minimum absolute atomic E-state index is 0.702. The van der Waals surface area contributed by atoms with Crippen LogP contribution >= 0.6 is 27.5 Å². The Balaban J connectivity index is 2.91. The quantitative estimate of drug-likeness (QED) is 0.691. The average molecular weight is 235 g/mol. The van der Waals surface area contributed by atoms with Crippen molar-refractivity contribution < 1.29 is 4.39 Å². The summed E-state index contributed by atoms with van der Waals surface area (Å²) in [5.74, 6) is 0. The fourth-order valence-electron chi connectivity index (χ4n) is 0.685. The molecule has 0 unspecified atom stereocenters. The van der Waals surface area contributed by atoms with E-state index in [9.17, 15) is 4.39 Å². The van der Waals surface area contributed by atoms with Crippen LogP contribution in [0.1, 0.15) is 5.56 Å². The third kappa shape index (κ3) is 3.04. The fourth-order valence-corrected chi connectivity index (χ4v) is 1.08. The van der Waals surface area contributed by atoms with E-state index in [1.54, 1.807) is 12.1 Å². The molecule has 11 heavy (non-hydrogen) atoms. The first-order valence-corrected chi connectivity index (χ1v) is 4.14. The van der Waals surface area contributed by atoms with Gasteiger partial charge in [-0.15, -0.1) is 0 Å². The maximum atomic E-state index is 12.1. The Bertz CT molecular complexity index is 262. The SMILES string of the molecule is F/C(Cl)=C/c1ccc(Br)cc1. The summed E-state index contributed by atoms with van der Waals surface area (Å²) in [6.45, 7) is 0. The van der Waals surface area contributed by atoms with Gasteiger partial charge in [-0.25, -0.2) is 0 Å². The van der Waals surface area contributed by atoms with E-state index in [0.29, 0.717) is 0 Å². The van der Waals surface area contributed by atoms with Crippen molar-refractivity contribution in [2.45, 2.75) is 0 Å². The predicted molar refractivity (Wildman–Crippen MR) is 49.1 cm³/mol. The van der Waals surface area contributed by atoms with Gasteiger partial charge >= 0.3 is 0 Å². The van der Waals surface area contributed by atoms with Gasteiger partial charge in [0.25, 0.3) is 0 Å². The minimum atomic E-state index is -0.702. The van der Waals surface area contributed by atoms with Crippen LogP contribution in [0.3, 0.4) is 0 Å². The molecule has 0 saturated heterocycles. The summed E-state index contributed by atoms with van der Waals surface area (Å²) < 4.78 is 13.1. The molecule has 0 atom stereocenters. The minimum Gasteiger partial charge on any atom is -0.194 e. The van der Waals surface area contributed by atoms with Gasteiger partial charge in [-0.05, 0) is 23.8 Å². The van der Waals surface area contributed by atoms with Crippen LogP contribution in [-0.4, -0.2) is 0 Å². The number of hydrogen-bond donors (Lipinski definition) is 0. The van der Waals surface area contributed by atoms with Crippen LogP contribution in [0.15, 0.2) is 34.0 Å². The summed E-state index contributed by atoms with van der Waals surface area (Å²) in [5.41, 5.74) is 0.751. The van der Waals surface area contributed by atoms with E-state index in [1.807, 2.05) is 12.1 Å². The van der Waals surface area contributed by atoms with E-state index in [0.717, 1.165) is 10.0 Å². The molecule has 0 aliphatic carbocycles. The van der Waals surface area contributed by atoms with E-state index < -0.39 is 5.29 Å². The van der Waals surface area contributed by atoms with Crippen LogP contribution in [0.5, 0.6) is 0 Å². The van der Waals surface area contributed by atoms with Crippen molar-refractivity contribution >= 4 is 33.6 Å². The lowest BCUT2D eigenvalue weighted by molar-refractivity contribution is 0.702. The van der Waals surface area contributed by atoms with Crippen molar-refractivity contribution in [2.24, 2.45) is 0 Å². The maximum absolute atomic E-state index is 12.1. The molecule has 1 aromatic rings. The molecule has 0 N–H and O–H groups in total. The molecular formula is C8H5BrClF. The van der Waals surface area contributed by atoms with Gasteiger partial charge in [0.1, 0.15) is 0 Å². The molecule has 3 heteroatoms. The van der Waals surface area contributed by atoms with Gasteiger partial charge in [0, 0.05) is 4.47 Å². The summed E-state index contributed by atoms with van der Waals surface area (Å²) in [6, 6.07) is 7.19. The van der Waals surface area contributed by atoms with Crippen molar-refractivity contribution in [3.8, 4) is 0 Å². The van der Waals surface area contributed by atoms with Crippen LogP contribution in [0.25, 0.3) is 6.08 Å². The van der Waals surface area contributed by atoms with E-state index in [4.69, 9.17) is 11.6 Å². The average Bonchev–Trinajstić information content (AvgIpc) is 1.93. The monoisotopic (exact) mass is 234 g/mol. The number of rotatable bonds is 1. The van der Waals surface area contributed by atoms with Crippen LogP contribution < -0.4 is 0 Å². The zero-order chi connectivity index (χ0) is 8.27. The Labute approximate surface area is 77.8 Å². The van der Waals surface area contributed by atoms with Crippen molar-refractivity contribution in [3.05, 3.63) is 39.6 Å². The van der Waals surface area contributed by atoms with Crippen molar-refractivity contribution in [1.29, 1.82) is 0 Å². The van der Waals surface area contributed by atoms with Gasteiger partial charge in [-0.1, -0.05) is 39.7 Å². The molecule has 1 rings (SSSR count). The molecular weight excluding hydrogens is 230 g/mol. The highest BCUT2D eigenvalue weighted by atomic mass is 79.9. The zero-order valence-corrected chi connectivity index (χ0v) is 7.86. The largest absolute Gasteiger partial charge is 0.194 e. The molecule has 0 aromatic heterocycles. The molecule has 0 spiro atoms. The molecule has 0 nitrogen and oxygen atoms in total. The van der Waals surface area contributed by atoms with Gasteiger partial charge in [-0.2, -0.15) is 4.39 Å². The molecule has 0 bridgehead atoms. The van der Waals surface area contributed by atoms with Crippen LogP contribution in [0, 0.1) is 0 Å². The second-order valence-electron chi connectivity index (χ2n) is 1.99. The van der Waals surface area contributed by atoms with E-state index in [2.05, 4.69) is 15.9 Å². The van der Waals surface area contributed by atoms with E-state index in [1.165, 1.54) is 6.08 Å². The third-order valence-electron chi connectivity index (χ3n) is 1.15. The topological polar surface area (TPSA) is 0 Å². The molecule has 0 heterocycles. The Kier molecular flexibility index (Phi) is 3.09. The first kappa shape index (κ1) is 8.75. The standard InChI is InChI=1S/C8H5BrClF/c9-7-3-1-6(2-4-7)5-8(10)11/h1-5H/b8-5+. The summed E-state index contributed by atoms with van der Waals surface area (Å²) in [6.07, 6.45) is 1.26. The van der Waals surface area contributed by atoms with Gasteiger partial charge in [0.2, 0.25) is 0 Å². The second-order valence-corrected chi connectivity index (χ2v) is 3.26. The van der Waals surface area contributed by atoms with Crippen LogP contribution in [-0.2, 0) is 0 Å². The lowest BCUT2D eigenvalue weighted by Gasteiger charge is -1.91. The summed E-state index contributed by atoms with van der Waals surface area (Å²) in [5, 5.41) is -0.702. The molecule has 1 aromatic carbocycles. The lowest BCUT2D eigenvalue weighted by atomic mass is 10.2. The number of halogens is 3. The fraction of sp³-hybridized carbons (Fsp3) is 0. The molecule has 0 aliphatic heterocycles. The normalized spacial score (nSPS) is 11.7. The lowest BCUT2D eigenvalue weighted by Crippen LogP contribution is -1.70. The number of benzene rings is 1. The molecule has 0 radical (unpaired) electrons. The van der Waals surface area contributed by atoms with Crippen LogP contribution in [0.4, 0.5) is 4.39 Å². The predicted octanol–water partition coefficient (Wildman–Crippen LogP) is 3.96. The van der Waals surface area contributed by atoms with Crippen molar-refractivity contribution in [2.75, 3.05) is 0 Å². The smallest absolute Gasteiger partial charge is 0.189 e. The number of hydrogen-bond acceptors (Lipinski definition) is 0. The van der Waals surface area contributed by atoms with Gasteiger partial charge in [0.15, 0.2) is 5.29 Å². The Hall–Kier alpha value is -0.340. The highest BCUT2D eigenvalue weighted by Gasteiger charge is 1.90. The van der Waals surface area contributed by atoms with Crippen molar-refractivity contribution in [1.82, 2.24) is 0 Å². The molecule has 0 saturated carbocycles. The van der Waals surface area contributed by atoms with Gasteiger partial charge < -0.3 is 0 Å². The second kappa shape index (κ2) is 3.88. The molecule has 58 valence electrons. The Morgan fingerprint density at radius 2 is 1.91 bits per heavy atom. The summed E-state index contributed by atoms with van der Waals surface area (Å²) in [7, 11) is 0. The Morgan fingerprint density at radius 3 is 2.36 bits per heavy atom. The van der Waals surface area contributed by atoms with E-state index in [-0.39, 0.29) is 0 Å². The van der Waals surface area contributed by atoms with Crippen LogP contribution in [0.2, 0.25) is 0 Å². The van der Waals surface area contributed by atoms with Crippen molar-refractivity contribution in [3.63, 3.8) is 0 Å². The van der Waals surface area contributed by atoms with Gasteiger partial charge in [0.05, 0.1) is 0 Å². The molecule has 0 fully saturated rings. The highest BCUT2D eigenvalue weighted by molar-refractivity contribution is 9.10. The zero-order valence-electron chi connectivity index (χ0n) is 5.52. The Morgan fingerprint density at radius 1 is 1.36 bits per heavy atom. The maximum Gasteiger partial charge on any atom is 0.189 e. The summed E-state index contributed by atoms with van der Waals surface area (Å²) >= 11 is 8.30. The first-order valence-electron chi connectivity index (χ1n) is 2.97. The highest BCUT2D eigenvalue weighted by Crippen LogP contribution is 2.14.